The van der Waals surface area contributed by atoms with Crippen molar-refractivity contribution in [1.29, 1.82) is 0 Å². The second-order valence-electron chi connectivity index (χ2n) is 4.78. The van der Waals surface area contributed by atoms with E-state index in [2.05, 4.69) is 16.6 Å². The molecule has 21 heavy (non-hydrogen) atoms. The van der Waals surface area contributed by atoms with Gasteiger partial charge in [0.05, 0.1) is 11.7 Å². The molecule has 0 spiro atoms. The van der Waals surface area contributed by atoms with Crippen molar-refractivity contribution in [2.24, 2.45) is 0 Å². The van der Waals surface area contributed by atoms with Crippen LogP contribution in [0.25, 0.3) is 0 Å². The molecule has 0 atom stereocenters. The zero-order chi connectivity index (χ0) is 15.9. The Morgan fingerprint density at radius 2 is 1.95 bits per heavy atom. The fraction of sp³-hybridized carbons (Fsp3) is 0.500. The number of ether oxygens (including phenoxy) is 2. The number of alkyl halides is 3. The third-order valence-corrected chi connectivity index (χ3v) is 2.43. The molecular weight excluding hydrogens is 281 g/mol. The molecule has 0 aliphatic heterocycles. The van der Waals surface area contributed by atoms with E-state index in [0.29, 0.717) is 12.2 Å². The molecule has 0 bridgehead atoms. The molecule has 0 saturated heterocycles. The summed E-state index contributed by atoms with van der Waals surface area (Å²) < 4.78 is 46.7. The summed E-state index contributed by atoms with van der Waals surface area (Å²) in [5.41, 5.74) is 0.208. The Morgan fingerprint density at radius 3 is 2.52 bits per heavy atom. The lowest BCUT2D eigenvalue weighted by atomic mass is 10.1. The lowest BCUT2D eigenvalue weighted by Gasteiger charge is -2.14. The van der Waals surface area contributed by atoms with Gasteiger partial charge in [0.2, 0.25) is 0 Å². The molecule has 0 unspecified atom stereocenters. The van der Waals surface area contributed by atoms with Crippen molar-refractivity contribution in [2.75, 3.05) is 0 Å². The zero-order valence-electron chi connectivity index (χ0n) is 12.4. The molecule has 0 aliphatic rings. The first-order valence-electron chi connectivity index (χ1n) is 6.87. The molecule has 0 amide bonds. The molecule has 1 aromatic rings. The number of unbranched alkanes of at least 4 members (excludes halogenated alkanes) is 2. The normalized spacial score (nSPS) is 11.0. The summed E-state index contributed by atoms with van der Waals surface area (Å²) in [5.74, 6) is 5.57. The molecule has 0 N–H and O–H groups in total. The van der Waals surface area contributed by atoms with E-state index in [9.17, 15) is 13.2 Å². The number of hydrogen-bond acceptors (Lipinski definition) is 2. The van der Waals surface area contributed by atoms with Crippen LogP contribution in [0.4, 0.5) is 13.2 Å². The largest absolute Gasteiger partial charge is 0.573 e. The summed E-state index contributed by atoms with van der Waals surface area (Å²) >= 11 is 0. The van der Waals surface area contributed by atoms with Crippen molar-refractivity contribution in [2.45, 2.75) is 52.5 Å². The number of hydrogen-bond donors (Lipinski definition) is 0. The van der Waals surface area contributed by atoms with Crippen molar-refractivity contribution in [3.8, 4) is 23.3 Å². The van der Waals surface area contributed by atoms with E-state index in [0.717, 1.165) is 12.8 Å². The highest BCUT2D eigenvalue weighted by Crippen LogP contribution is 2.30. The van der Waals surface area contributed by atoms with Crippen molar-refractivity contribution in [3.05, 3.63) is 23.8 Å². The summed E-state index contributed by atoms with van der Waals surface area (Å²) in [5, 5.41) is 0. The van der Waals surface area contributed by atoms with Crippen LogP contribution in [0.15, 0.2) is 18.2 Å². The van der Waals surface area contributed by atoms with Crippen LogP contribution in [-0.4, -0.2) is 12.5 Å². The first-order chi connectivity index (χ1) is 9.81. The van der Waals surface area contributed by atoms with Crippen LogP contribution in [0.2, 0.25) is 0 Å². The minimum Gasteiger partial charge on any atom is -0.491 e. The van der Waals surface area contributed by atoms with Gasteiger partial charge in [-0.1, -0.05) is 25.2 Å². The fourth-order valence-corrected chi connectivity index (χ4v) is 1.58. The Labute approximate surface area is 123 Å². The minimum atomic E-state index is -4.75. The maximum Gasteiger partial charge on any atom is 0.573 e. The van der Waals surface area contributed by atoms with Gasteiger partial charge in [-0.15, -0.1) is 13.2 Å². The van der Waals surface area contributed by atoms with Crippen LogP contribution in [-0.2, 0) is 0 Å². The second-order valence-corrected chi connectivity index (χ2v) is 4.78. The van der Waals surface area contributed by atoms with Gasteiger partial charge >= 0.3 is 6.36 Å². The van der Waals surface area contributed by atoms with E-state index in [1.54, 1.807) is 19.9 Å². The third-order valence-electron chi connectivity index (χ3n) is 2.43. The molecule has 0 saturated carbocycles. The molecule has 2 nitrogen and oxygen atoms in total. The molecule has 1 rings (SSSR count). The van der Waals surface area contributed by atoms with Gasteiger partial charge in [-0.25, -0.2) is 0 Å². The monoisotopic (exact) mass is 300 g/mol. The Hall–Kier alpha value is -1.83. The van der Waals surface area contributed by atoms with Gasteiger partial charge in [-0.05, 0) is 32.4 Å². The van der Waals surface area contributed by atoms with Crippen LogP contribution >= 0.6 is 0 Å². The maximum absolute atomic E-state index is 12.4. The number of benzene rings is 1. The van der Waals surface area contributed by atoms with E-state index in [1.807, 2.05) is 6.92 Å². The van der Waals surface area contributed by atoms with Gasteiger partial charge < -0.3 is 9.47 Å². The van der Waals surface area contributed by atoms with Crippen molar-refractivity contribution in [1.82, 2.24) is 0 Å². The summed E-state index contributed by atoms with van der Waals surface area (Å²) in [6.07, 6.45) is -2.34. The Morgan fingerprint density at radius 1 is 1.24 bits per heavy atom. The van der Waals surface area contributed by atoms with Crippen LogP contribution in [0.1, 0.15) is 45.6 Å². The standard InChI is InChI=1S/C16H19F3O2/c1-4-5-6-7-8-13-9-10-14(20-12(2)3)11-15(13)21-16(17,18)19/h9-12H,4-6H2,1-3H3. The maximum atomic E-state index is 12.4. The predicted octanol–water partition coefficient (Wildman–Crippen LogP) is 4.91. The highest BCUT2D eigenvalue weighted by atomic mass is 19.4. The third kappa shape index (κ3) is 6.94. The average Bonchev–Trinajstić information content (AvgIpc) is 2.34. The minimum absolute atomic E-state index is 0.134. The topological polar surface area (TPSA) is 18.5 Å². The van der Waals surface area contributed by atoms with E-state index >= 15 is 0 Å². The van der Waals surface area contributed by atoms with E-state index in [-0.39, 0.29) is 17.4 Å². The highest BCUT2D eigenvalue weighted by molar-refractivity contribution is 5.50. The second kappa shape index (κ2) is 7.82. The zero-order valence-corrected chi connectivity index (χ0v) is 12.4. The van der Waals surface area contributed by atoms with Crippen LogP contribution in [0.3, 0.4) is 0 Å². The summed E-state index contributed by atoms with van der Waals surface area (Å²) in [4.78, 5) is 0. The van der Waals surface area contributed by atoms with Crippen LogP contribution < -0.4 is 9.47 Å². The molecule has 0 aliphatic carbocycles. The predicted molar refractivity (Wildman–Crippen MR) is 75.3 cm³/mol. The number of halogens is 3. The smallest absolute Gasteiger partial charge is 0.491 e. The van der Waals surface area contributed by atoms with E-state index in [4.69, 9.17) is 4.74 Å². The van der Waals surface area contributed by atoms with Crippen molar-refractivity contribution in [3.63, 3.8) is 0 Å². The lowest BCUT2D eigenvalue weighted by Crippen LogP contribution is -2.18. The summed E-state index contributed by atoms with van der Waals surface area (Å²) in [6.45, 7) is 5.61. The molecule has 116 valence electrons. The van der Waals surface area contributed by atoms with Gasteiger partial charge in [-0.3, -0.25) is 0 Å². The summed E-state index contributed by atoms with van der Waals surface area (Å²) in [6, 6.07) is 4.29. The highest BCUT2D eigenvalue weighted by Gasteiger charge is 2.32. The first kappa shape index (κ1) is 17.2. The fourth-order valence-electron chi connectivity index (χ4n) is 1.58. The van der Waals surface area contributed by atoms with E-state index < -0.39 is 6.36 Å². The van der Waals surface area contributed by atoms with Gasteiger partial charge in [0.1, 0.15) is 11.5 Å². The van der Waals surface area contributed by atoms with Gasteiger partial charge in [-0.2, -0.15) is 0 Å². The molecule has 1 aromatic carbocycles. The summed E-state index contributed by atoms with van der Waals surface area (Å²) in [7, 11) is 0. The van der Waals surface area contributed by atoms with Crippen LogP contribution in [0.5, 0.6) is 11.5 Å². The SMILES string of the molecule is CCCCC#Cc1ccc(OC(C)C)cc1OC(F)(F)F. The van der Waals surface area contributed by atoms with Gasteiger partial charge in [0.25, 0.3) is 0 Å². The lowest BCUT2D eigenvalue weighted by molar-refractivity contribution is -0.274. The quantitative estimate of drug-likeness (QED) is 0.568. The van der Waals surface area contributed by atoms with Gasteiger partial charge in [0, 0.05) is 12.5 Å². The Bertz CT molecular complexity index is 510. The molecule has 0 aromatic heterocycles. The average molecular weight is 300 g/mol. The molecular formula is C16H19F3O2. The molecule has 0 fully saturated rings. The number of rotatable bonds is 5. The molecule has 5 heteroatoms. The van der Waals surface area contributed by atoms with Crippen molar-refractivity contribution < 1.29 is 22.6 Å². The van der Waals surface area contributed by atoms with Crippen molar-refractivity contribution >= 4 is 0 Å². The van der Waals surface area contributed by atoms with E-state index in [1.165, 1.54) is 12.1 Å². The van der Waals surface area contributed by atoms with Crippen LogP contribution in [0, 0.1) is 11.8 Å². The first-order valence-corrected chi connectivity index (χ1v) is 6.87. The Kier molecular flexibility index (Phi) is 6.41. The molecule has 0 radical (unpaired) electrons. The Balaban J connectivity index is 3.01. The van der Waals surface area contributed by atoms with Gasteiger partial charge in [0.15, 0.2) is 0 Å². The molecule has 0 heterocycles.